The van der Waals surface area contributed by atoms with Crippen LogP contribution in [0.2, 0.25) is 5.02 Å². The molecular formula is C16H19ClN4O2. The number of hydrogen-bond acceptors (Lipinski definition) is 5. The summed E-state index contributed by atoms with van der Waals surface area (Å²) < 4.78 is 5.14. The average Bonchev–Trinajstić information content (AvgIpc) is 2.95. The first-order chi connectivity index (χ1) is 11.0. The van der Waals surface area contributed by atoms with E-state index in [1.54, 1.807) is 13.0 Å². The molecule has 0 saturated carbocycles. The molecule has 0 aliphatic carbocycles. The van der Waals surface area contributed by atoms with Crippen molar-refractivity contribution in [3.63, 3.8) is 0 Å². The highest BCUT2D eigenvalue weighted by Gasteiger charge is 2.24. The summed E-state index contributed by atoms with van der Waals surface area (Å²) in [5.41, 5.74) is 1.52. The summed E-state index contributed by atoms with van der Waals surface area (Å²) >= 11 is 6.11. The number of nitrogens with zero attached hydrogens (tertiary/aromatic N) is 4. The average molecular weight is 335 g/mol. The summed E-state index contributed by atoms with van der Waals surface area (Å²) in [6.45, 7) is 7.23. The Hall–Kier alpha value is -1.92. The SMILES string of the molecule is Cc1noc(CN2CCN(C(=O)c3cccc(Cl)c3C)CC2)n1. The van der Waals surface area contributed by atoms with Gasteiger partial charge in [0.1, 0.15) is 0 Å². The van der Waals surface area contributed by atoms with Crippen LogP contribution in [0.25, 0.3) is 0 Å². The molecule has 1 aromatic carbocycles. The van der Waals surface area contributed by atoms with E-state index in [4.69, 9.17) is 16.1 Å². The molecule has 1 saturated heterocycles. The highest BCUT2D eigenvalue weighted by molar-refractivity contribution is 6.31. The lowest BCUT2D eigenvalue weighted by atomic mass is 10.1. The molecule has 0 unspecified atom stereocenters. The van der Waals surface area contributed by atoms with Gasteiger partial charge in [-0.1, -0.05) is 22.8 Å². The molecule has 3 rings (SSSR count). The number of aryl methyl sites for hydroxylation is 1. The van der Waals surface area contributed by atoms with Crippen molar-refractivity contribution in [3.05, 3.63) is 46.1 Å². The molecule has 1 aromatic heterocycles. The van der Waals surface area contributed by atoms with Gasteiger partial charge in [-0.2, -0.15) is 4.98 Å². The second-order valence-corrected chi connectivity index (χ2v) is 6.12. The summed E-state index contributed by atoms with van der Waals surface area (Å²) in [6.07, 6.45) is 0. The van der Waals surface area contributed by atoms with Crippen molar-refractivity contribution in [2.75, 3.05) is 26.2 Å². The van der Waals surface area contributed by atoms with Gasteiger partial charge in [0.05, 0.1) is 6.54 Å². The van der Waals surface area contributed by atoms with Crippen LogP contribution in [0.4, 0.5) is 0 Å². The number of hydrogen-bond donors (Lipinski definition) is 0. The molecule has 2 aromatic rings. The van der Waals surface area contributed by atoms with Crippen molar-refractivity contribution < 1.29 is 9.32 Å². The topological polar surface area (TPSA) is 62.5 Å². The Morgan fingerprint density at radius 1 is 1.26 bits per heavy atom. The van der Waals surface area contributed by atoms with Gasteiger partial charge >= 0.3 is 0 Å². The van der Waals surface area contributed by atoms with Crippen molar-refractivity contribution in [2.24, 2.45) is 0 Å². The van der Waals surface area contributed by atoms with E-state index < -0.39 is 0 Å². The van der Waals surface area contributed by atoms with Crippen LogP contribution in [0.3, 0.4) is 0 Å². The molecule has 1 amide bonds. The molecule has 0 bridgehead atoms. The summed E-state index contributed by atoms with van der Waals surface area (Å²) in [5, 5.41) is 4.42. The maximum Gasteiger partial charge on any atom is 0.254 e. The van der Waals surface area contributed by atoms with Crippen LogP contribution in [-0.4, -0.2) is 52.0 Å². The quantitative estimate of drug-likeness (QED) is 0.862. The third-order valence-electron chi connectivity index (χ3n) is 4.09. The van der Waals surface area contributed by atoms with Crippen molar-refractivity contribution in [1.29, 1.82) is 0 Å². The highest BCUT2D eigenvalue weighted by Crippen LogP contribution is 2.21. The Morgan fingerprint density at radius 2 is 2.00 bits per heavy atom. The van der Waals surface area contributed by atoms with Crippen LogP contribution in [0.1, 0.15) is 27.6 Å². The van der Waals surface area contributed by atoms with Gasteiger partial charge in [-0.15, -0.1) is 0 Å². The molecule has 7 heteroatoms. The van der Waals surface area contributed by atoms with E-state index in [0.717, 1.165) is 18.7 Å². The fraction of sp³-hybridized carbons (Fsp3) is 0.438. The summed E-state index contributed by atoms with van der Waals surface area (Å²) in [5.74, 6) is 1.30. The minimum atomic E-state index is 0.0401. The molecule has 1 aliphatic heterocycles. The second kappa shape index (κ2) is 6.68. The van der Waals surface area contributed by atoms with Gasteiger partial charge in [-0.05, 0) is 31.5 Å². The molecular weight excluding hydrogens is 316 g/mol. The van der Waals surface area contributed by atoms with E-state index in [0.29, 0.717) is 41.9 Å². The third kappa shape index (κ3) is 3.54. The minimum absolute atomic E-state index is 0.0401. The Bertz CT molecular complexity index is 708. The monoisotopic (exact) mass is 334 g/mol. The lowest BCUT2D eigenvalue weighted by molar-refractivity contribution is 0.0614. The fourth-order valence-corrected chi connectivity index (χ4v) is 2.89. The van der Waals surface area contributed by atoms with Gasteiger partial charge in [0.15, 0.2) is 5.82 Å². The fourth-order valence-electron chi connectivity index (χ4n) is 2.71. The molecule has 0 radical (unpaired) electrons. The zero-order valence-corrected chi connectivity index (χ0v) is 14.0. The lowest BCUT2D eigenvalue weighted by Gasteiger charge is -2.34. The number of rotatable bonds is 3. The van der Waals surface area contributed by atoms with Crippen LogP contribution >= 0.6 is 11.6 Å². The van der Waals surface area contributed by atoms with Gasteiger partial charge in [-0.3, -0.25) is 9.69 Å². The van der Waals surface area contributed by atoms with Crippen LogP contribution in [0.5, 0.6) is 0 Å². The molecule has 1 fully saturated rings. The molecule has 6 nitrogen and oxygen atoms in total. The minimum Gasteiger partial charge on any atom is -0.338 e. The molecule has 0 spiro atoms. The van der Waals surface area contributed by atoms with E-state index in [1.807, 2.05) is 24.0 Å². The van der Waals surface area contributed by atoms with E-state index >= 15 is 0 Å². The van der Waals surface area contributed by atoms with Gasteiger partial charge in [0, 0.05) is 36.8 Å². The molecule has 2 heterocycles. The summed E-state index contributed by atoms with van der Waals surface area (Å²) in [4.78, 5) is 20.9. The molecule has 0 N–H and O–H groups in total. The molecule has 1 aliphatic rings. The van der Waals surface area contributed by atoms with Crippen LogP contribution in [0.15, 0.2) is 22.7 Å². The standard InChI is InChI=1S/C16H19ClN4O2/c1-11-13(4-3-5-14(11)17)16(22)21-8-6-20(7-9-21)10-15-18-12(2)19-23-15/h3-5H,6-10H2,1-2H3. The van der Waals surface area contributed by atoms with E-state index in [2.05, 4.69) is 15.0 Å². The van der Waals surface area contributed by atoms with Gasteiger partial charge < -0.3 is 9.42 Å². The van der Waals surface area contributed by atoms with Crippen LogP contribution < -0.4 is 0 Å². The first-order valence-electron chi connectivity index (χ1n) is 7.60. The maximum absolute atomic E-state index is 12.6. The zero-order valence-electron chi connectivity index (χ0n) is 13.3. The van der Waals surface area contributed by atoms with Gasteiger partial charge in [0.2, 0.25) is 5.89 Å². The number of halogens is 1. The number of amides is 1. The maximum atomic E-state index is 12.6. The summed E-state index contributed by atoms with van der Waals surface area (Å²) in [6, 6.07) is 5.45. The third-order valence-corrected chi connectivity index (χ3v) is 4.50. The summed E-state index contributed by atoms with van der Waals surface area (Å²) in [7, 11) is 0. The zero-order chi connectivity index (χ0) is 16.4. The number of carbonyl (C=O) groups is 1. The van der Waals surface area contributed by atoms with E-state index in [-0.39, 0.29) is 5.91 Å². The largest absolute Gasteiger partial charge is 0.338 e. The first-order valence-corrected chi connectivity index (χ1v) is 7.98. The van der Waals surface area contributed by atoms with E-state index in [9.17, 15) is 4.79 Å². The Balaban J connectivity index is 1.60. The van der Waals surface area contributed by atoms with Crippen molar-refractivity contribution in [3.8, 4) is 0 Å². The smallest absolute Gasteiger partial charge is 0.254 e. The van der Waals surface area contributed by atoms with Crippen molar-refractivity contribution >= 4 is 17.5 Å². The molecule has 122 valence electrons. The van der Waals surface area contributed by atoms with Gasteiger partial charge in [0.25, 0.3) is 5.91 Å². The number of carbonyl (C=O) groups excluding carboxylic acids is 1. The Morgan fingerprint density at radius 3 is 2.65 bits per heavy atom. The lowest BCUT2D eigenvalue weighted by Crippen LogP contribution is -2.48. The first kappa shape index (κ1) is 16.0. The van der Waals surface area contributed by atoms with Crippen molar-refractivity contribution in [1.82, 2.24) is 19.9 Å². The predicted molar refractivity (Wildman–Crippen MR) is 86.4 cm³/mol. The van der Waals surface area contributed by atoms with Crippen LogP contribution in [0, 0.1) is 13.8 Å². The van der Waals surface area contributed by atoms with Crippen molar-refractivity contribution in [2.45, 2.75) is 20.4 Å². The normalized spacial score (nSPS) is 15.9. The molecule has 0 atom stereocenters. The van der Waals surface area contributed by atoms with Crippen LogP contribution in [-0.2, 0) is 6.54 Å². The second-order valence-electron chi connectivity index (χ2n) is 5.72. The molecule has 23 heavy (non-hydrogen) atoms. The number of aromatic nitrogens is 2. The highest BCUT2D eigenvalue weighted by atomic mass is 35.5. The Labute approximate surface area is 140 Å². The van der Waals surface area contributed by atoms with Gasteiger partial charge in [-0.25, -0.2) is 0 Å². The van der Waals surface area contributed by atoms with E-state index in [1.165, 1.54) is 0 Å². The predicted octanol–water partition coefficient (Wildman–Crippen LogP) is 2.30. The Kier molecular flexibility index (Phi) is 4.63. The number of benzene rings is 1. The number of piperazine rings is 1.